The lowest BCUT2D eigenvalue weighted by Crippen LogP contribution is -2.51. The first-order valence-corrected chi connectivity index (χ1v) is 11.1. The number of Topliss-reactive ketones (excluding diaryl/α,β-unsaturated/α-hetero) is 1. The number of ketones is 1. The van der Waals surface area contributed by atoms with Crippen LogP contribution in [0, 0.1) is 40.9 Å². The van der Waals surface area contributed by atoms with Gasteiger partial charge in [-0.15, -0.1) is 0 Å². The smallest absolute Gasteiger partial charge is 0.164 e. The third-order valence-corrected chi connectivity index (χ3v) is 9.33. The van der Waals surface area contributed by atoms with Crippen molar-refractivity contribution in [1.82, 2.24) is 0 Å². The van der Waals surface area contributed by atoms with E-state index in [1.807, 2.05) is 13.8 Å². The molecule has 0 bridgehead atoms. The Morgan fingerprint density at radius 3 is 2.46 bits per heavy atom. The van der Waals surface area contributed by atoms with E-state index < -0.39 is 5.60 Å². The van der Waals surface area contributed by atoms with Crippen LogP contribution >= 0.6 is 0 Å². The fourth-order valence-corrected chi connectivity index (χ4v) is 7.95. The van der Waals surface area contributed by atoms with E-state index in [0.29, 0.717) is 5.78 Å². The second kappa shape index (κ2) is 6.58. The number of hydrogen-bond acceptors (Lipinski definition) is 3. The predicted octanol–water partition coefficient (Wildman–Crippen LogP) is 4.61. The molecule has 1 unspecified atom stereocenters. The predicted molar refractivity (Wildman–Crippen MR) is 103 cm³/mol. The van der Waals surface area contributed by atoms with Crippen molar-refractivity contribution in [3.05, 3.63) is 0 Å². The highest BCUT2D eigenvalue weighted by Crippen LogP contribution is 2.64. The summed E-state index contributed by atoms with van der Waals surface area (Å²) in [5.74, 6) is 4.49. The molecule has 4 rings (SSSR count). The number of carbonyl (C=O) groups excluding carboxylic acids is 1. The van der Waals surface area contributed by atoms with Gasteiger partial charge in [0.1, 0.15) is 6.10 Å². The maximum absolute atomic E-state index is 12.9. The molecule has 9 atom stereocenters. The van der Waals surface area contributed by atoms with Crippen LogP contribution in [0.5, 0.6) is 0 Å². The van der Waals surface area contributed by atoms with Crippen molar-refractivity contribution in [2.75, 3.05) is 7.11 Å². The highest BCUT2D eigenvalue weighted by molar-refractivity contribution is 5.86. The van der Waals surface area contributed by atoms with Crippen molar-refractivity contribution in [2.45, 2.75) is 90.3 Å². The Hall–Kier alpha value is -0.410. The number of aliphatic hydroxyl groups is 1. The summed E-state index contributed by atoms with van der Waals surface area (Å²) in [4.78, 5) is 12.9. The van der Waals surface area contributed by atoms with Crippen LogP contribution in [-0.4, -0.2) is 29.7 Å². The molecule has 0 aromatic carbocycles. The van der Waals surface area contributed by atoms with Crippen LogP contribution in [0.15, 0.2) is 0 Å². The number of rotatable bonds is 3. The zero-order valence-corrected chi connectivity index (χ0v) is 17.2. The van der Waals surface area contributed by atoms with Crippen LogP contribution in [0.3, 0.4) is 0 Å². The van der Waals surface area contributed by atoms with Crippen molar-refractivity contribution in [2.24, 2.45) is 40.9 Å². The van der Waals surface area contributed by atoms with Crippen LogP contribution < -0.4 is 0 Å². The van der Waals surface area contributed by atoms with Crippen LogP contribution in [-0.2, 0) is 9.53 Å². The Morgan fingerprint density at radius 1 is 1.00 bits per heavy atom. The molecule has 0 saturated heterocycles. The average Bonchev–Trinajstić information content (AvgIpc) is 2.96. The Balaban J connectivity index is 1.52. The first kappa shape index (κ1) is 18.9. The van der Waals surface area contributed by atoms with Crippen molar-refractivity contribution in [3.63, 3.8) is 0 Å². The van der Waals surface area contributed by atoms with Gasteiger partial charge in [-0.05, 0) is 107 Å². The fourth-order valence-electron chi connectivity index (χ4n) is 7.95. The van der Waals surface area contributed by atoms with E-state index in [0.717, 1.165) is 48.9 Å². The quantitative estimate of drug-likeness (QED) is 0.797. The SMILES string of the molecule is COC(C)C(=O)[C@H]1CC[C@H]2[C@@H]3CC[C@@H]4C[C@](C)(O)CC[C@@H]4[C@H]3CC[C@]12C. The van der Waals surface area contributed by atoms with Gasteiger partial charge in [-0.1, -0.05) is 6.92 Å². The van der Waals surface area contributed by atoms with Gasteiger partial charge in [-0.2, -0.15) is 0 Å². The lowest BCUT2D eigenvalue weighted by atomic mass is 9.49. The third kappa shape index (κ3) is 2.89. The van der Waals surface area contributed by atoms with Gasteiger partial charge >= 0.3 is 0 Å². The minimum absolute atomic E-state index is 0.192. The molecule has 26 heavy (non-hydrogen) atoms. The summed E-state index contributed by atoms with van der Waals surface area (Å²) in [5, 5.41) is 10.5. The molecule has 0 aromatic rings. The van der Waals surface area contributed by atoms with E-state index in [1.54, 1.807) is 7.11 Å². The van der Waals surface area contributed by atoms with Gasteiger partial charge in [0, 0.05) is 13.0 Å². The third-order valence-electron chi connectivity index (χ3n) is 9.33. The number of hydrogen-bond donors (Lipinski definition) is 1. The number of fused-ring (bicyclic) bond motifs is 5. The normalized spacial score (nSPS) is 51.9. The fraction of sp³-hybridized carbons (Fsp3) is 0.957. The van der Waals surface area contributed by atoms with Crippen LogP contribution in [0.4, 0.5) is 0 Å². The lowest BCUT2D eigenvalue weighted by molar-refractivity contribution is -0.140. The van der Waals surface area contributed by atoms with Gasteiger partial charge in [0.2, 0.25) is 0 Å². The lowest BCUT2D eigenvalue weighted by Gasteiger charge is -2.57. The van der Waals surface area contributed by atoms with Gasteiger partial charge in [-0.3, -0.25) is 4.79 Å². The van der Waals surface area contributed by atoms with E-state index in [-0.39, 0.29) is 17.4 Å². The van der Waals surface area contributed by atoms with Gasteiger partial charge < -0.3 is 9.84 Å². The molecule has 0 aromatic heterocycles. The molecular weight excluding hydrogens is 324 g/mol. The first-order chi connectivity index (χ1) is 12.3. The number of methoxy groups -OCH3 is 1. The molecule has 0 heterocycles. The monoisotopic (exact) mass is 362 g/mol. The molecule has 148 valence electrons. The zero-order valence-electron chi connectivity index (χ0n) is 17.2. The standard InChI is InChI=1S/C23H38O3/c1-14(26-4)21(24)20-8-7-19-18-6-5-15-13-22(2,25)11-9-16(15)17(18)10-12-23(19,20)3/h14-20,25H,5-13H2,1-4H3/t14?,15-,16+,17-,18-,19+,20-,22-,23+/m1/s1. The molecule has 4 aliphatic rings. The minimum atomic E-state index is -0.432. The molecule has 0 spiro atoms. The number of carbonyl (C=O) groups is 1. The van der Waals surface area contributed by atoms with E-state index in [2.05, 4.69) is 6.92 Å². The largest absolute Gasteiger partial charge is 0.390 e. The summed E-state index contributed by atoms with van der Waals surface area (Å²) in [6, 6.07) is 0. The number of ether oxygens (including phenoxy) is 1. The average molecular weight is 363 g/mol. The molecule has 4 saturated carbocycles. The van der Waals surface area contributed by atoms with E-state index in [4.69, 9.17) is 4.74 Å². The van der Waals surface area contributed by atoms with Gasteiger partial charge in [0.25, 0.3) is 0 Å². The Bertz CT molecular complexity index is 556. The zero-order chi connectivity index (χ0) is 18.7. The summed E-state index contributed by atoms with van der Waals surface area (Å²) in [6.45, 7) is 6.38. The van der Waals surface area contributed by atoms with E-state index >= 15 is 0 Å². The summed E-state index contributed by atoms with van der Waals surface area (Å²) >= 11 is 0. The minimum Gasteiger partial charge on any atom is -0.390 e. The van der Waals surface area contributed by atoms with Crippen molar-refractivity contribution < 1.29 is 14.6 Å². The van der Waals surface area contributed by atoms with Crippen LogP contribution in [0.1, 0.15) is 78.6 Å². The second-order valence-corrected chi connectivity index (χ2v) is 10.6. The molecule has 1 N–H and O–H groups in total. The summed E-state index contributed by atoms with van der Waals surface area (Å²) in [5.41, 5.74) is -0.240. The van der Waals surface area contributed by atoms with Crippen molar-refractivity contribution in [3.8, 4) is 0 Å². The molecular formula is C23H38O3. The maximum atomic E-state index is 12.9. The Kier molecular flexibility index (Phi) is 4.79. The van der Waals surface area contributed by atoms with Gasteiger partial charge in [0.15, 0.2) is 5.78 Å². The molecule has 0 radical (unpaired) electrons. The van der Waals surface area contributed by atoms with E-state index in [9.17, 15) is 9.90 Å². The van der Waals surface area contributed by atoms with Crippen LogP contribution in [0.2, 0.25) is 0 Å². The summed E-state index contributed by atoms with van der Waals surface area (Å²) in [7, 11) is 1.66. The molecule has 0 amide bonds. The van der Waals surface area contributed by atoms with Crippen molar-refractivity contribution >= 4 is 5.78 Å². The van der Waals surface area contributed by atoms with E-state index in [1.165, 1.54) is 38.5 Å². The molecule has 3 nitrogen and oxygen atoms in total. The molecule has 4 fully saturated rings. The summed E-state index contributed by atoms with van der Waals surface area (Å²) < 4.78 is 5.37. The highest BCUT2D eigenvalue weighted by atomic mass is 16.5. The van der Waals surface area contributed by atoms with Gasteiger partial charge in [0.05, 0.1) is 5.60 Å². The topological polar surface area (TPSA) is 46.5 Å². The van der Waals surface area contributed by atoms with Crippen molar-refractivity contribution in [1.29, 1.82) is 0 Å². The molecule has 0 aliphatic heterocycles. The molecule has 3 heteroatoms. The first-order valence-electron chi connectivity index (χ1n) is 11.1. The highest BCUT2D eigenvalue weighted by Gasteiger charge is 2.59. The Morgan fingerprint density at radius 2 is 1.73 bits per heavy atom. The maximum Gasteiger partial charge on any atom is 0.164 e. The van der Waals surface area contributed by atoms with Gasteiger partial charge in [-0.25, -0.2) is 0 Å². The second-order valence-electron chi connectivity index (χ2n) is 10.6. The Labute approximate surface area is 159 Å². The molecule has 4 aliphatic carbocycles. The summed E-state index contributed by atoms with van der Waals surface area (Å²) in [6.07, 6.45) is 10.4. The van der Waals surface area contributed by atoms with Crippen LogP contribution in [0.25, 0.3) is 0 Å².